The number of carboxylic acids is 1. The average Bonchev–Trinajstić information content (AvgIpc) is 2.70. The smallest absolute Gasteiger partial charge is 0.440 e. The van der Waals surface area contributed by atoms with Crippen LogP contribution in [0.2, 0.25) is 0 Å². The molecular formula is C21H23N4O7+. The zero-order chi connectivity index (χ0) is 23.4. The van der Waals surface area contributed by atoms with Crippen LogP contribution in [0.4, 0.5) is 0 Å². The average molecular weight is 443 g/mol. The predicted molar refractivity (Wildman–Crippen MR) is 114 cm³/mol. The van der Waals surface area contributed by atoms with Crippen molar-refractivity contribution in [3.63, 3.8) is 0 Å². The second-order valence-electron chi connectivity index (χ2n) is 7.20. The van der Waals surface area contributed by atoms with Crippen LogP contribution in [0.25, 0.3) is 5.57 Å². The van der Waals surface area contributed by atoms with E-state index in [9.17, 15) is 30.0 Å². The van der Waals surface area contributed by atoms with Gasteiger partial charge in [0.2, 0.25) is 5.78 Å². The largest absolute Gasteiger partial charge is 0.511 e. The molecule has 1 aromatic rings. The Balaban J connectivity index is 2.01. The van der Waals surface area contributed by atoms with Crippen molar-refractivity contribution in [2.24, 2.45) is 5.73 Å². The number of Topliss-reactive ketones (excluding diaryl/α,β-unsaturated/α-hetero) is 1. The first kappa shape index (κ1) is 22.4. The van der Waals surface area contributed by atoms with E-state index in [0.29, 0.717) is 12.0 Å². The zero-order valence-electron chi connectivity index (χ0n) is 16.9. The highest BCUT2D eigenvalue weighted by atomic mass is 16.4. The van der Waals surface area contributed by atoms with E-state index >= 15 is 0 Å². The Hall–Kier alpha value is -4.28. The van der Waals surface area contributed by atoms with Crippen LogP contribution in [0.5, 0.6) is 5.75 Å². The van der Waals surface area contributed by atoms with Crippen LogP contribution in [0.1, 0.15) is 24.8 Å². The summed E-state index contributed by atoms with van der Waals surface area (Å²) >= 11 is 0. The fourth-order valence-corrected chi connectivity index (χ4v) is 3.33. The van der Waals surface area contributed by atoms with Gasteiger partial charge in [-0.1, -0.05) is 12.1 Å². The fourth-order valence-electron chi connectivity index (χ4n) is 3.33. The number of nitrogens with two attached hydrogens (primary N) is 1. The van der Waals surface area contributed by atoms with E-state index in [1.807, 2.05) is 0 Å². The molecule has 9 N–H and O–H groups in total. The molecule has 0 spiro atoms. The molecule has 1 atom stereocenters. The van der Waals surface area contributed by atoms with Gasteiger partial charge in [0.25, 0.3) is 0 Å². The number of carbonyl (C=O) groups excluding carboxylic acids is 2. The number of aliphatic hydroxyl groups is 2. The lowest BCUT2D eigenvalue weighted by Crippen LogP contribution is -2.40. The number of benzene rings is 1. The van der Waals surface area contributed by atoms with Crippen LogP contribution < -0.4 is 16.4 Å². The highest BCUT2D eigenvalue weighted by Crippen LogP contribution is 2.32. The lowest BCUT2D eigenvalue weighted by Gasteiger charge is -2.18. The Bertz CT molecular complexity index is 1080. The van der Waals surface area contributed by atoms with Gasteiger partial charge >= 0.3 is 17.6 Å². The molecule has 168 valence electrons. The molecule has 11 heteroatoms. The number of aliphatic hydroxyl groups excluding tert-OH is 2. The van der Waals surface area contributed by atoms with Gasteiger partial charge < -0.3 is 31.5 Å². The summed E-state index contributed by atoms with van der Waals surface area (Å²) in [5, 5.41) is 51.7. The summed E-state index contributed by atoms with van der Waals surface area (Å²) < 4.78 is 5.74. The first-order chi connectivity index (χ1) is 15.2. The van der Waals surface area contributed by atoms with Gasteiger partial charge in [0.15, 0.2) is 17.1 Å². The molecule has 0 radical (unpaired) electrons. The van der Waals surface area contributed by atoms with Crippen molar-refractivity contribution >= 4 is 29.1 Å². The van der Waals surface area contributed by atoms with E-state index in [1.165, 1.54) is 30.3 Å². The van der Waals surface area contributed by atoms with E-state index in [0.717, 1.165) is 0 Å². The third-order valence-corrected chi connectivity index (χ3v) is 4.82. The molecule has 1 aliphatic heterocycles. The second-order valence-corrected chi connectivity index (χ2v) is 7.20. The monoisotopic (exact) mass is 443 g/mol. The van der Waals surface area contributed by atoms with Crippen LogP contribution >= 0.6 is 0 Å². The molecule has 1 heterocycles. The summed E-state index contributed by atoms with van der Waals surface area (Å²) in [6, 6.07) is 4.47. The number of aromatic hydroxyl groups is 1. The minimum absolute atomic E-state index is 0.0294. The number of carboxylic acid groups (broad SMARTS) is 1. The number of hydrogen-bond acceptors (Lipinski definition) is 7. The molecule has 0 unspecified atom stereocenters. The fraction of sp³-hybridized carbons (Fsp3) is 0.238. The predicted octanol–water partition coefficient (Wildman–Crippen LogP) is 0.712. The van der Waals surface area contributed by atoms with Crippen molar-refractivity contribution in [1.82, 2.24) is 10.6 Å². The van der Waals surface area contributed by atoms with Crippen molar-refractivity contribution in [1.29, 1.82) is 5.41 Å². The number of carbonyl (C=O) groups is 2. The first-order valence-electron chi connectivity index (χ1n) is 9.69. The molecule has 2 aliphatic rings. The number of phenolic OH excluding ortho intramolecular Hbond substituents is 1. The first-order valence-corrected chi connectivity index (χ1v) is 9.69. The summed E-state index contributed by atoms with van der Waals surface area (Å²) in [4.78, 5) is 25.1. The Kier molecular flexibility index (Phi) is 6.47. The third kappa shape index (κ3) is 4.89. The van der Waals surface area contributed by atoms with Crippen molar-refractivity contribution in [2.75, 3.05) is 6.54 Å². The van der Waals surface area contributed by atoms with E-state index < -0.39 is 17.8 Å². The van der Waals surface area contributed by atoms with Crippen molar-refractivity contribution in [3.8, 4) is 5.75 Å². The third-order valence-electron chi connectivity index (χ3n) is 4.82. The number of ketones is 2. The minimum atomic E-state index is -1.20. The summed E-state index contributed by atoms with van der Waals surface area (Å²) in [6.45, 7) is 0.277. The molecular weight excluding hydrogens is 420 g/mol. The zero-order valence-corrected chi connectivity index (χ0v) is 16.9. The molecule has 1 aromatic carbocycles. The van der Waals surface area contributed by atoms with E-state index in [2.05, 4.69) is 10.6 Å². The molecule has 3 rings (SSSR count). The van der Waals surface area contributed by atoms with Gasteiger partial charge in [-0.25, -0.2) is 4.79 Å². The molecule has 11 nitrogen and oxygen atoms in total. The van der Waals surface area contributed by atoms with Gasteiger partial charge in [0.1, 0.15) is 23.3 Å². The number of nitrogens with one attached hydrogen (secondary N) is 3. The SMILES string of the molecule is N=C(N)NCCC[C@H](NC1=C(c2ccc(O)cc2)C(=O)C2=C(O)CC(O)=CC2=[O+]1)C(=O)O. The van der Waals surface area contributed by atoms with Crippen molar-refractivity contribution < 1.29 is 34.4 Å². The maximum absolute atomic E-state index is 13.3. The second kappa shape index (κ2) is 9.25. The van der Waals surface area contributed by atoms with Gasteiger partial charge in [0, 0.05) is 6.54 Å². The van der Waals surface area contributed by atoms with Crippen molar-refractivity contribution in [2.45, 2.75) is 25.3 Å². The normalized spacial score (nSPS) is 16.7. The maximum atomic E-state index is 13.3. The number of aliphatic carboxylic acids is 1. The number of hydrogen-bond donors (Lipinski definition) is 8. The van der Waals surface area contributed by atoms with E-state index in [4.69, 9.17) is 15.6 Å². The molecule has 0 aromatic heterocycles. The Labute approximate surface area is 182 Å². The lowest BCUT2D eigenvalue weighted by atomic mass is 9.89. The molecule has 32 heavy (non-hydrogen) atoms. The highest BCUT2D eigenvalue weighted by Gasteiger charge is 2.44. The number of allylic oxidation sites excluding steroid dienone is 3. The molecule has 0 amide bonds. The number of guanidine groups is 1. The standard InChI is InChI=1S/C21H22N4O7/c22-21(23)24-7-1-2-13(20(30)31)25-19-16(10-3-5-11(26)6-4-10)18(29)17-14(28)8-12(27)9-15(17)32-19/h3-6,9,13H,1-2,7-8H2,(H8-,22,23,24,25,26,27,28,29,30,31)/p+1/t13-/m0/s1. The molecule has 1 aliphatic carbocycles. The van der Waals surface area contributed by atoms with Gasteiger partial charge in [0.05, 0.1) is 12.5 Å². The number of rotatable bonds is 8. The Morgan fingerprint density at radius 3 is 2.50 bits per heavy atom. The molecule has 0 fully saturated rings. The lowest BCUT2D eigenvalue weighted by molar-refractivity contribution is -0.403. The minimum Gasteiger partial charge on any atom is -0.511 e. The van der Waals surface area contributed by atoms with Crippen LogP contribution in [-0.4, -0.2) is 56.5 Å². The van der Waals surface area contributed by atoms with Gasteiger partial charge in [-0.15, -0.1) is 0 Å². The van der Waals surface area contributed by atoms with Gasteiger partial charge in [-0.2, -0.15) is 4.42 Å². The van der Waals surface area contributed by atoms with Crippen molar-refractivity contribution in [3.05, 3.63) is 58.9 Å². The van der Waals surface area contributed by atoms with Gasteiger partial charge in [-0.3, -0.25) is 15.5 Å². The summed E-state index contributed by atoms with van der Waals surface area (Å²) in [5.41, 5.74) is 5.39. The molecule has 0 saturated heterocycles. The topological polar surface area (TPSA) is 200 Å². The molecule has 0 saturated carbocycles. The molecule has 0 bridgehead atoms. The Morgan fingerprint density at radius 2 is 1.88 bits per heavy atom. The number of fused-ring (bicyclic) bond motifs is 1. The maximum Gasteiger partial charge on any atom is 0.440 e. The summed E-state index contributed by atoms with van der Waals surface area (Å²) in [7, 11) is 0. The number of phenols is 1. The van der Waals surface area contributed by atoms with Gasteiger partial charge in [-0.05, 0) is 30.5 Å². The quantitative estimate of drug-likeness (QED) is 0.0936. The summed E-state index contributed by atoms with van der Waals surface area (Å²) in [6.07, 6.45) is 1.42. The highest BCUT2D eigenvalue weighted by molar-refractivity contribution is 6.41. The summed E-state index contributed by atoms with van der Waals surface area (Å²) in [5.74, 6) is -2.94. The van der Waals surface area contributed by atoms with E-state index in [-0.39, 0.29) is 65.4 Å². The Morgan fingerprint density at radius 1 is 1.19 bits per heavy atom. The van der Waals surface area contributed by atoms with Crippen LogP contribution in [0, 0.1) is 5.41 Å². The van der Waals surface area contributed by atoms with Crippen LogP contribution in [-0.2, 0) is 14.0 Å². The van der Waals surface area contributed by atoms with Crippen LogP contribution in [0.15, 0.2) is 53.3 Å². The van der Waals surface area contributed by atoms with E-state index in [1.54, 1.807) is 0 Å². The van der Waals surface area contributed by atoms with Crippen LogP contribution in [0.3, 0.4) is 0 Å².